The average Bonchev–Trinajstić information content (AvgIpc) is 3.14. The lowest BCUT2D eigenvalue weighted by atomic mass is 10.1. The molecule has 1 unspecified atom stereocenters. The Labute approximate surface area is 189 Å². The molecule has 0 saturated carbocycles. The van der Waals surface area contributed by atoms with E-state index >= 15 is 0 Å². The van der Waals surface area contributed by atoms with Crippen molar-refractivity contribution in [1.82, 2.24) is 20.1 Å². The molecule has 0 saturated heterocycles. The second-order valence-corrected chi connectivity index (χ2v) is 8.86. The predicted molar refractivity (Wildman–Crippen MR) is 128 cm³/mol. The van der Waals surface area contributed by atoms with Gasteiger partial charge in [0.15, 0.2) is 11.0 Å². The zero-order valence-corrected chi connectivity index (χ0v) is 19.7. The van der Waals surface area contributed by atoms with Crippen LogP contribution in [0.4, 0.5) is 5.69 Å². The maximum atomic E-state index is 12.5. The van der Waals surface area contributed by atoms with Gasteiger partial charge in [-0.2, -0.15) is 0 Å². The van der Waals surface area contributed by atoms with E-state index in [4.69, 9.17) is 0 Å². The number of aromatic nitrogens is 3. The van der Waals surface area contributed by atoms with Gasteiger partial charge in [-0.3, -0.25) is 4.79 Å². The van der Waals surface area contributed by atoms with Gasteiger partial charge in [0.1, 0.15) is 0 Å². The van der Waals surface area contributed by atoms with Crippen molar-refractivity contribution in [2.24, 2.45) is 7.05 Å². The van der Waals surface area contributed by atoms with Crippen LogP contribution < -0.4 is 10.2 Å². The van der Waals surface area contributed by atoms with E-state index in [0.29, 0.717) is 6.54 Å². The zero-order valence-electron chi connectivity index (χ0n) is 18.9. The highest BCUT2D eigenvalue weighted by Gasteiger charge is 2.19. The van der Waals surface area contributed by atoms with Gasteiger partial charge in [-0.25, -0.2) is 0 Å². The first-order valence-electron chi connectivity index (χ1n) is 10.7. The van der Waals surface area contributed by atoms with Crippen LogP contribution in [0.1, 0.15) is 31.9 Å². The molecule has 1 aromatic heterocycles. The lowest BCUT2D eigenvalue weighted by Crippen LogP contribution is -2.30. The monoisotopic (exact) mass is 437 g/mol. The van der Waals surface area contributed by atoms with Gasteiger partial charge in [-0.05, 0) is 57.5 Å². The van der Waals surface area contributed by atoms with Crippen molar-refractivity contribution in [2.45, 2.75) is 44.6 Å². The molecule has 3 rings (SSSR count). The van der Waals surface area contributed by atoms with Crippen LogP contribution in [-0.2, 0) is 18.4 Å². The minimum absolute atomic E-state index is 0.0151. The first-order chi connectivity index (χ1) is 14.9. The van der Waals surface area contributed by atoms with Crippen molar-refractivity contribution >= 4 is 23.4 Å². The average molecular weight is 438 g/mol. The Morgan fingerprint density at radius 3 is 2.32 bits per heavy atom. The normalized spacial score (nSPS) is 11.9. The number of rotatable bonds is 9. The largest absolute Gasteiger partial charge is 0.372 e. The Balaban J connectivity index is 1.62. The summed E-state index contributed by atoms with van der Waals surface area (Å²) in [5.41, 5.74) is 4.50. The number of thioether (sulfide) groups is 1. The highest BCUT2D eigenvalue weighted by Crippen LogP contribution is 2.27. The van der Waals surface area contributed by atoms with Gasteiger partial charge in [0, 0.05) is 37.9 Å². The second-order valence-electron chi connectivity index (χ2n) is 7.55. The maximum absolute atomic E-state index is 12.5. The molecule has 0 spiro atoms. The summed E-state index contributed by atoms with van der Waals surface area (Å²) in [6, 6.07) is 16.6. The van der Waals surface area contributed by atoms with Crippen molar-refractivity contribution in [3.8, 4) is 11.4 Å². The van der Waals surface area contributed by atoms with E-state index in [2.05, 4.69) is 77.6 Å². The first kappa shape index (κ1) is 22.9. The summed E-state index contributed by atoms with van der Waals surface area (Å²) in [5, 5.41) is 12.1. The van der Waals surface area contributed by atoms with E-state index in [9.17, 15) is 4.79 Å². The molecule has 0 aliphatic carbocycles. The molecular formula is C24H31N5OS. The van der Waals surface area contributed by atoms with Crippen LogP contribution in [0.15, 0.2) is 53.7 Å². The van der Waals surface area contributed by atoms with Crippen LogP contribution in [0.2, 0.25) is 0 Å². The molecule has 0 aliphatic heterocycles. The molecule has 3 aromatic rings. The molecule has 0 radical (unpaired) electrons. The SMILES string of the molecule is CCN(CC)c1ccc(-c2nnc(SC(C)C(=O)NCc3ccc(C)cc3)n2C)cc1. The van der Waals surface area contributed by atoms with Crippen molar-refractivity contribution in [2.75, 3.05) is 18.0 Å². The first-order valence-corrected chi connectivity index (χ1v) is 11.6. The minimum Gasteiger partial charge on any atom is -0.372 e. The summed E-state index contributed by atoms with van der Waals surface area (Å²) in [5.74, 6) is 0.777. The summed E-state index contributed by atoms with van der Waals surface area (Å²) < 4.78 is 1.95. The van der Waals surface area contributed by atoms with E-state index in [0.717, 1.165) is 35.2 Å². The molecule has 7 heteroatoms. The van der Waals surface area contributed by atoms with Gasteiger partial charge in [-0.15, -0.1) is 10.2 Å². The number of carbonyl (C=O) groups excluding carboxylic acids is 1. The fourth-order valence-electron chi connectivity index (χ4n) is 3.33. The van der Waals surface area contributed by atoms with E-state index < -0.39 is 0 Å². The summed E-state index contributed by atoms with van der Waals surface area (Å²) in [4.78, 5) is 14.8. The smallest absolute Gasteiger partial charge is 0.233 e. The van der Waals surface area contributed by atoms with Crippen LogP contribution in [0.5, 0.6) is 0 Å². The van der Waals surface area contributed by atoms with Crippen LogP contribution in [0.3, 0.4) is 0 Å². The molecule has 0 bridgehead atoms. The number of hydrogen-bond acceptors (Lipinski definition) is 5. The van der Waals surface area contributed by atoms with E-state index in [1.54, 1.807) is 0 Å². The number of carbonyl (C=O) groups is 1. The topological polar surface area (TPSA) is 63.1 Å². The summed E-state index contributed by atoms with van der Waals surface area (Å²) in [6.45, 7) is 10.7. The van der Waals surface area contributed by atoms with E-state index in [1.165, 1.54) is 23.0 Å². The third-order valence-electron chi connectivity index (χ3n) is 5.33. The molecule has 2 aromatic carbocycles. The van der Waals surface area contributed by atoms with Gasteiger partial charge in [0.05, 0.1) is 5.25 Å². The highest BCUT2D eigenvalue weighted by molar-refractivity contribution is 8.00. The zero-order chi connectivity index (χ0) is 22.4. The number of amides is 1. The standard InChI is InChI=1S/C24H31N5OS/c1-6-29(7-2)21-14-12-20(13-15-21)22-26-27-24(28(22)5)31-18(4)23(30)25-16-19-10-8-17(3)9-11-19/h8-15,18H,6-7,16H2,1-5H3,(H,25,30). The molecule has 164 valence electrons. The Morgan fingerprint density at radius 1 is 1.06 bits per heavy atom. The molecule has 31 heavy (non-hydrogen) atoms. The fraction of sp³-hybridized carbons (Fsp3) is 0.375. The van der Waals surface area contributed by atoms with Gasteiger partial charge < -0.3 is 14.8 Å². The fourth-order valence-corrected chi connectivity index (χ4v) is 4.17. The summed E-state index contributed by atoms with van der Waals surface area (Å²) >= 11 is 1.42. The summed E-state index contributed by atoms with van der Waals surface area (Å²) in [6.07, 6.45) is 0. The van der Waals surface area contributed by atoms with Crippen LogP contribution in [-0.4, -0.2) is 39.0 Å². The van der Waals surface area contributed by atoms with Gasteiger partial charge in [0.25, 0.3) is 0 Å². The predicted octanol–water partition coefficient (Wildman–Crippen LogP) is 4.43. The second kappa shape index (κ2) is 10.5. The van der Waals surface area contributed by atoms with Crippen LogP contribution >= 0.6 is 11.8 Å². The van der Waals surface area contributed by atoms with Crippen molar-refractivity contribution < 1.29 is 4.79 Å². The third-order valence-corrected chi connectivity index (χ3v) is 6.46. The van der Waals surface area contributed by atoms with Crippen LogP contribution in [0, 0.1) is 6.92 Å². The van der Waals surface area contributed by atoms with Crippen molar-refractivity contribution in [1.29, 1.82) is 0 Å². The molecule has 1 amide bonds. The molecule has 1 N–H and O–H groups in total. The Kier molecular flexibility index (Phi) is 7.74. The molecule has 0 aliphatic rings. The Hall–Kier alpha value is -2.80. The lowest BCUT2D eigenvalue weighted by Gasteiger charge is -2.21. The van der Waals surface area contributed by atoms with Gasteiger partial charge in [-0.1, -0.05) is 41.6 Å². The number of anilines is 1. The lowest BCUT2D eigenvalue weighted by molar-refractivity contribution is -0.120. The maximum Gasteiger partial charge on any atom is 0.233 e. The van der Waals surface area contributed by atoms with Crippen molar-refractivity contribution in [3.05, 3.63) is 59.7 Å². The highest BCUT2D eigenvalue weighted by atomic mass is 32.2. The molecule has 1 heterocycles. The summed E-state index contributed by atoms with van der Waals surface area (Å²) in [7, 11) is 1.94. The van der Waals surface area contributed by atoms with Crippen LogP contribution in [0.25, 0.3) is 11.4 Å². The number of benzene rings is 2. The Morgan fingerprint density at radius 2 is 1.71 bits per heavy atom. The molecule has 6 nitrogen and oxygen atoms in total. The van der Waals surface area contributed by atoms with E-state index in [1.807, 2.05) is 30.7 Å². The third kappa shape index (κ3) is 5.67. The number of nitrogens with zero attached hydrogens (tertiary/aromatic N) is 4. The number of hydrogen-bond donors (Lipinski definition) is 1. The number of aryl methyl sites for hydroxylation is 1. The minimum atomic E-state index is -0.272. The molecule has 0 fully saturated rings. The van der Waals surface area contributed by atoms with Crippen molar-refractivity contribution in [3.63, 3.8) is 0 Å². The van der Waals surface area contributed by atoms with Gasteiger partial charge >= 0.3 is 0 Å². The molecule has 1 atom stereocenters. The number of nitrogens with one attached hydrogen (secondary N) is 1. The molecular weight excluding hydrogens is 406 g/mol. The quantitative estimate of drug-likeness (QED) is 0.502. The van der Waals surface area contributed by atoms with E-state index in [-0.39, 0.29) is 11.2 Å². The van der Waals surface area contributed by atoms with Gasteiger partial charge in [0.2, 0.25) is 5.91 Å². The Bertz CT molecular complexity index is 994.